The van der Waals surface area contributed by atoms with Crippen LogP contribution in [0.1, 0.15) is 44.6 Å². The normalized spacial score (nSPS) is 13.8. The standard InChI is InChI=1S/C17H27FN2/c1-2-10-19-11-5-3-4-6-12-20-13-9-15-7-8-16(18)14-17(15)20/h7-8,14,19H,2-6,9-13H2,1H3. The molecule has 0 aromatic heterocycles. The fourth-order valence-electron chi connectivity index (χ4n) is 2.86. The van der Waals surface area contributed by atoms with Crippen LogP contribution < -0.4 is 10.2 Å². The number of hydrogen-bond acceptors (Lipinski definition) is 2. The van der Waals surface area contributed by atoms with Gasteiger partial charge in [0.25, 0.3) is 0 Å². The van der Waals surface area contributed by atoms with Gasteiger partial charge in [-0.05, 0) is 56.5 Å². The van der Waals surface area contributed by atoms with Gasteiger partial charge in [0.1, 0.15) is 5.82 Å². The number of rotatable bonds is 9. The van der Waals surface area contributed by atoms with Crippen LogP contribution in [0.2, 0.25) is 0 Å². The summed E-state index contributed by atoms with van der Waals surface area (Å²) in [7, 11) is 0. The van der Waals surface area contributed by atoms with Gasteiger partial charge in [-0.2, -0.15) is 0 Å². The summed E-state index contributed by atoms with van der Waals surface area (Å²) < 4.78 is 13.3. The number of nitrogens with one attached hydrogen (secondary N) is 1. The lowest BCUT2D eigenvalue weighted by Crippen LogP contribution is -2.21. The number of halogens is 1. The second-order valence-corrected chi connectivity index (χ2v) is 5.67. The van der Waals surface area contributed by atoms with E-state index in [1.165, 1.54) is 37.7 Å². The third kappa shape index (κ3) is 4.48. The highest BCUT2D eigenvalue weighted by molar-refractivity contribution is 5.57. The Kier molecular flexibility index (Phi) is 6.31. The smallest absolute Gasteiger partial charge is 0.125 e. The molecule has 0 amide bonds. The molecule has 0 aliphatic carbocycles. The van der Waals surface area contributed by atoms with Gasteiger partial charge < -0.3 is 10.2 Å². The minimum Gasteiger partial charge on any atom is -0.371 e. The molecule has 2 rings (SSSR count). The molecule has 0 bridgehead atoms. The molecule has 0 atom stereocenters. The molecule has 1 aromatic rings. The molecule has 112 valence electrons. The van der Waals surface area contributed by atoms with Crippen LogP contribution in [0, 0.1) is 5.82 Å². The number of benzene rings is 1. The lowest BCUT2D eigenvalue weighted by molar-refractivity contribution is 0.581. The lowest BCUT2D eigenvalue weighted by atomic mass is 10.1. The molecule has 0 unspecified atom stereocenters. The van der Waals surface area contributed by atoms with Gasteiger partial charge in [-0.25, -0.2) is 4.39 Å². The summed E-state index contributed by atoms with van der Waals surface area (Å²) in [6.07, 6.45) is 7.33. The van der Waals surface area contributed by atoms with Gasteiger partial charge in [0.05, 0.1) is 0 Å². The van der Waals surface area contributed by atoms with Gasteiger partial charge in [-0.3, -0.25) is 0 Å². The van der Waals surface area contributed by atoms with Crippen LogP contribution in [-0.4, -0.2) is 26.2 Å². The van der Waals surface area contributed by atoms with Crippen molar-refractivity contribution in [2.45, 2.75) is 45.4 Å². The van der Waals surface area contributed by atoms with Crippen molar-refractivity contribution >= 4 is 5.69 Å². The highest BCUT2D eigenvalue weighted by Gasteiger charge is 2.18. The average molecular weight is 278 g/mol. The maximum absolute atomic E-state index is 13.3. The van der Waals surface area contributed by atoms with E-state index in [9.17, 15) is 4.39 Å². The zero-order chi connectivity index (χ0) is 14.2. The fourth-order valence-corrected chi connectivity index (χ4v) is 2.86. The monoisotopic (exact) mass is 278 g/mol. The van der Waals surface area contributed by atoms with Gasteiger partial charge in [-0.15, -0.1) is 0 Å². The molecule has 1 N–H and O–H groups in total. The molecule has 0 spiro atoms. The minimum atomic E-state index is -0.113. The molecule has 0 saturated carbocycles. The summed E-state index contributed by atoms with van der Waals surface area (Å²) in [6.45, 7) is 6.60. The maximum Gasteiger partial charge on any atom is 0.125 e. The number of hydrogen-bond donors (Lipinski definition) is 1. The Balaban J connectivity index is 1.61. The summed E-state index contributed by atoms with van der Waals surface area (Å²) in [4.78, 5) is 2.34. The van der Waals surface area contributed by atoms with Crippen molar-refractivity contribution < 1.29 is 4.39 Å². The van der Waals surface area contributed by atoms with Gasteiger partial charge in [0.15, 0.2) is 0 Å². The Morgan fingerprint density at radius 2 is 2.00 bits per heavy atom. The number of unbranched alkanes of at least 4 members (excludes halogenated alkanes) is 3. The van der Waals surface area contributed by atoms with E-state index in [0.717, 1.165) is 38.3 Å². The molecule has 0 radical (unpaired) electrons. The number of nitrogens with zero attached hydrogens (tertiary/aromatic N) is 1. The van der Waals surface area contributed by atoms with Crippen LogP contribution in [0.5, 0.6) is 0 Å². The van der Waals surface area contributed by atoms with Gasteiger partial charge in [0, 0.05) is 18.8 Å². The Bertz CT molecular complexity index is 406. The van der Waals surface area contributed by atoms with Crippen LogP contribution in [0.25, 0.3) is 0 Å². The van der Waals surface area contributed by atoms with E-state index in [0.29, 0.717) is 0 Å². The average Bonchev–Trinajstić information content (AvgIpc) is 2.84. The Morgan fingerprint density at radius 1 is 1.15 bits per heavy atom. The zero-order valence-electron chi connectivity index (χ0n) is 12.6. The molecule has 1 aliphatic heterocycles. The first-order valence-corrected chi connectivity index (χ1v) is 8.05. The van der Waals surface area contributed by atoms with Gasteiger partial charge >= 0.3 is 0 Å². The fraction of sp³-hybridized carbons (Fsp3) is 0.647. The van der Waals surface area contributed by atoms with E-state index in [4.69, 9.17) is 0 Å². The molecular formula is C17H27FN2. The highest BCUT2D eigenvalue weighted by atomic mass is 19.1. The summed E-state index contributed by atoms with van der Waals surface area (Å²) in [5.41, 5.74) is 2.42. The molecule has 1 aliphatic rings. The first-order valence-electron chi connectivity index (χ1n) is 8.05. The first-order chi connectivity index (χ1) is 9.81. The van der Waals surface area contributed by atoms with Gasteiger partial charge in [0.2, 0.25) is 0 Å². The predicted octanol–water partition coefficient (Wildman–Crippen LogP) is 3.75. The summed E-state index contributed by atoms with van der Waals surface area (Å²) in [6, 6.07) is 5.20. The molecule has 2 nitrogen and oxygen atoms in total. The summed E-state index contributed by atoms with van der Waals surface area (Å²) >= 11 is 0. The molecule has 0 fully saturated rings. The molecule has 3 heteroatoms. The van der Waals surface area contributed by atoms with E-state index in [-0.39, 0.29) is 5.82 Å². The van der Waals surface area contributed by atoms with Crippen LogP contribution >= 0.6 is 0 Å². The van der Waals surface area contributed by atoms with Crippen molar-refractivity contribution in [3.63, 3.8) is 0 Å². The first kappa shape index (κ1) is 15.3. The molecule has 0 saturated heterocycles. The Morgan fingerprint density at radius 3 is 2.85 bits per heavy atom. The Labute approximate surface area is 122 Å². The van der Waals surface area contributed by atoms with Crippen LogP contribution in [0.15, 0.2) is 18.2 Å². The SMILES string of the molecule is CCCNCCCCCCN1CCc2ccc(F)cc21. The second kappa shape index (κ2) is 8.25. The van der Waals surface area contributed by atoms with Gasteiger partial charge in [-0.1, -0.05) is 25.8 Å². The van der Waals surface area contributed by atoms with E-state index in [1.54, 1.807) is 12.1 Å². The van der Waals surface area contributed by atoms with Crippen molar-refractivity contribution in [3.05, 3.63) is 29.6 Å². The lowest BCUT2D eigenvalue weighted by Gasteiger charge is -2.19. The third-order valence-corrected chi connectivity index (χ3v) is 4.00. The number of fused-ring (bicyclic) bond motifs is 1. The number of anilines is 1. The largest absolute Gasteiger partial charge is 0.371 e. The van der Waals surface area contributed by atoms with Crippen molar-refractivity contribution in [2.24, 2.45) is 0 Å². The van der Waals surface area contributed by atoms with Crippen LogP contribution in [-0.2, 0) is 6.42 Å². The quantitative estimate of drug-likeness (QED) is 0.692. The highest BCUT2D eigenvalue weighted by Crippen LogP contribution is 2.28. The maximum atomic E-state index is 13.3. The van der Waals surface area contributed by atoms with Crippen LogP contribution in [0.3, 0.4) is 0 Å². The zero-order valence-corrected chi connectivity index (χ0v) is 12.6. The second-order valence-electron chi connectivity index (χ2n) is 5.67. The predicted molar refractivity (Wildman–Crippen MR) is 83.9 cm³/mol. The molecule has 20 heavy (non-hydrogen) atoms. The van der Waals surface area contributed by atoms with E-state index >= 15 is 0 Å². The van der Waals surface area contributed by atoms with E-state index < -0.39 is 0 Å². The van der Waals surface area contributed by atoms with E-state index in [2.05, 4.69) is 17.1 Å². The van der Waals surface area contributed by atoms with E-state index in [1.807, 2.05) is 6.07 Å². The summed E-state index contributed by atoms with van der Waals surface area (Å²) in [5, 5.41) is 3.43. The van der Waals surface area contributed by atoms with Crippen molar-refractivity contribution in [1.29, 1.82) is 0 Å². The topological polar surface area (TPSA) is 15.3 Å². The van der Waals surface area contributed by atoms with Crippen LogP contribution in [0.4, 0.5) is 10.1 Å². The summed E-state index contributed by atoms with van der Waals surface area (Å²) in [5.74, 6) is -0.113. The molecular weight excluding hydrogens is 251 g/mol. The van der Waals surface area contributed by atoms with Crippen molar-refractivity contribution in [2.75, 3.05) is 31.1 Å². The van der Waals surface area contributed by atoms with Crippen molar-refractivity contribution in [1.82, 2.24) is 5.32 Å². The minimum absolute atomic E-state index is 0.113. The van der Waals surface area contributed by atoms with Crippen molar-refractivity contribution in [3.8, 4) is 0 Å². The third-order valence-electron chi connectivity index (χ3n) is 4.00. The molecule has 1 heterocycles. The molecule has 1 aromatic carbocycles. The Hall–Kier alpha value is -1.09.